The summed E-state index contributed by atoms with van der Waals surface area (Å²) in [6.45, 7) is 4.55. The molecule has 0 spiro atoms. The Morgan fingerprint density at radius 2 is 2.00 bits per heavy atom. The lowest BCUT2D eigenvalue weighted by atomic mass is 9.98. The van der Waals surface area contributed by atoms with Gasteiger partial charge in [-0.05, 0) is 42.9 Å². The Bertz CT molecular complexity index is 546. The summed E-state index contributed by atoms with van der Waals surface area (Å²) >= 11 is 0. The smallest absolute Gasteiger partial charge is 0.193 e. The first-order chi connectivity index (χ1) is 11.8. The molecule has 0 aromatic heterocycles. The molecule has 25 heavy (non-hydrogen) atoms. The van der Waals surface area contributed by atoms with Crippen LogP contribution < -0.4 is 10.1 Å². The van der Waals surface area contributed by atoms with Crippen LogP contribution >= 0.6 is 24.0 Å². The van der Waals surface area contributed by atoms with Gasteiger partial charge < -0.3 is 19.7 Å². The van der Waals surface area contributed by atoms with E-state index in [1.807, 2.05) is 19.2 Å². The van der Waals surface area contributed by atoms with Crippen LogP contribution in [-0.2, 0) is 4.74 Å². The Kier molecular flexibility index (Phi) is 8.29. The van der Waals surface area contributed by atoms with E-state index in [2.05, 4.69) is 27.3 Å². The standard InChI is InChI=1S/C19H29N3O2.HI/c1-20-19(21-10-12-24-14-15-3-4-15)22-11-9-17(13-22)16-5-7-18(23-2)8-6-16;/h5-8,15,17H,3-4,9-14H2,1-2H3,(H,20,21);1H. The number of nitrogens with one attached hydrogen (secondary N) is 1. The van der Waals surface area contributed by atoms with Gasteiger partial charge in [-0.3, -0.25) is 4.99 Å². The zero-order chi connectivity index (χ0) is 16.8. The van der Waals surface area contributed by atoms with Crippen LogP contribution in [-0.4, -0.2) is 57.9 Å². The summed E-state index contributed by atoms with van der Waals surface area (Å²) in [5.41, 5.74) is 1.38. The fourth-order valence-corrected chi connectivity index (χ4v) is 3.20. The summed E-state index contributed by atoms with van der Waals surface area (Å²) < 4.78 is 10.9. The van der Waals surface area contributed by atoms with Crippen molar-refractivity contribution in [3.8, 4) is 5.75 Å². The molecule has 1 saturated carbocycles. The van der Waals surface area contributed by atoms with Gasteiger partial charge in [0.1, 0.15) is 5.75 Å². The molecule has 3 rings (SSSR count). The molecule has 1 aliphatic carbocycles. The number of nitrogens with zero attached hydrogens (tertiary/aromatic N) is 2. The normalized spacial score (nSPS) is 20.3. The van der Waals surface area contributed by atoms with E-state index in [0.29, 0.717) is 5.92 Å². The van der Waals surface area contributed by atoms with Crippen molar-refractivity contribution in [2.45, 2.75) is 25.2 Å². The highest BCUT2D eigenvalue weighted by molar-refractivity contribution is 14.0. The molecule has 1 aliphatic heterocycles. The highest BCUT2D eigenvalue weighted by Crippen LogP contribution is 2.29. The van der Waals surface area contributed by atoms with Gasteiger partial charge >= 0.3 is 0 Å². The molecule has 2 aliphatic rings. The number of hydrogen-bond donors (Lipinski definition) is 1. The van der Waals surface area contributed by atoms with Gasteiger partial charge in [0.25, 0.3) is 0 Å². The van der Waals surface area contributed by atoms with Crippen LogP contribution in [0.3, 0.4) is 0 Å². The fourth-order valence-electron chi connectivity index (χ4n) is 3.20. The minimum atomic E-state index is 0. The van der Waals surface area contributed by atoms with Crippen molar-refractivity contribution < 1.29 is 9.47 Å². The van der Waals surface area contributed by atoms with E-state index in [4.69, 9.17) is 9.47 Å². The minimum Gasteiger partial charge on any atom is -0.497 e. The number of likely N-dealkylation sites (tertiary alicyclic amines) is 1. The predicted octanol–water partition coefficient (Wildman–Crippen LogP) is 3.10. The molecule has 1 aromatic carbocycles. The van der Waals surface area contributed by atoms with Crippen LogP contribution in [0.2, 0.25) is 0 Å². The Balaban J connectivity index is 0.00000225. The number of hydrogen-bond acceptors (Lipinski definition) is 3. The topological polar surface area (TPSA) is 46.1 Å². The lowest BCUT2D eigenvalue weighted by Gasteiger charge is -2.22. The average molecular weight is 459 g/mol. The second-order valence-electron chi connectivity index (χ2n) is 6.70. The molecule has 140 valence electrons. The van der Waals surface area contributed by atoms with E-state index in [9.17, 15) is 0 Å². The van der Waals surface area contributed by atoms with Crippen molar-refractivity contribution in [1.82, 2.24) is 10.2 Å². The molecular weight excluding hydrogens is 429 g/mol. The average Bonchev–Trinajstić information content (AvgIpc) is 3.32. The predicted molar refractivity (Wildman–Crippen MR) is 112 cm³/mol. The Hall–Kier alpha value is -1.02. The summed E-state index contributed by atoms with van der Waals surface area (Å²) in [5.74, 6) is 3.28. The SMILES string of the molecule is CN=C(NCCOCC1CC1)N1CCC(c2ccc(OC)cc2)C1.I. The molecule has 0 radical (unpaired) electrons. The van der Waals surface area contributed by atoms with E-state index in [1.54, 1.807) is 7.11 Å². The van der Waals surface area contributed by atoms with Crippen molar-refractivity contribution in [3.05, 3.63) is 29.8 Å². The molecule has 1 aromatic rings. The van der Waals surface area contributed by atoms with E-state index in [1.165, 1.54) is 18.4 Å². The third-order valence-corrected chi connectivity index (χ3v) is 4.87. The van der Waals surface area contributed by atoms with Crippen LogP contribution in [0.15, 0.2) is 29.3 Å². The van der Waals surface area contributed by atoms with Gasteiger partial charge in [-0.1, -0.05) is 12.1 Å². The van der Waals surface area contributed by atoms with Gasteiger partial charge in [-0.25, -0.2) is 0 Å². The molecule has 1 atom stereocenters. The molecule has 0 amide bonds. The molecule has 5 nitrogen and oxygen atoms in total. The first kappa shape index (κ1) is 20.3. The third-order valence-electron chi connectivity index (χ3n) is 4.87. The number of ether oxygens (including phenoxy) is 2. The lowest BCUT2D eigenvalue weighted by molar-refractivity contribution is 0.128. The third kappa shape index (κ3) is 6.02. The highest BCUT2D eigenvalue weighted by atomic mass is 127. The first-order valence-corrected chi connectivity index (χ1v) is 8.97. The first-order valence-electron chi connectivity index (χ1n) is 8.97. The molecule has 1 heterocycles. The van der Waals surface area contributed by atoms with E-state index >= 15 is 0 Å². The Morgan fingerprint density at radius 3 is 2.64 bits per heavy atom. The number of methoxy groups -OCH3 is 1. The monoisotopic (exact) mass is 459 g/mol. The van der Waals surface area contributed by atoms with Gasteiger partial charge in [0.05, 0.1) is 13.7 Å². The Labute approximate surface area is 168 Å². The summed E-state index contributed by atoms with van der Waals surface area (Å²) in [6, 6.07) is 8.44. The van der Waals surface area contributed by atoms with Crippen LogP contribution in [0.4, 0.5) is 0 Å². The van der Waals surface area contributed by atoms with Gasteiger partial charge in [0.2, 0.25) is 0 Å². The van der Waals surface area contributed by atoms with E-state index < -0.39 is 0 Å². The number of aliphatic imine (C=N–C) groups is 1. The van der Waals surface area contributed by atoms with Crippen molar-refractivity contribution in [3.63, 3.8) is 0 Å². The van der Waals surface area contributed by atoms with Crippen molar-refractivity contribution in [2.24, 2.45) is 10.9 Å². The van der Waals surface area contributed by atoms with Crippen LogP contribution in [0.25, 0.3) is 0 Å². The molecular formula is C19H30IN3O2. The Morgan fingerprint density at radius 1 is 1.24 bits per heavy atom. The van der Waals surface area contributed by atoms with Crippen LogP contribution in [0, 0.1) is 5.92 Å². The second-order valence-corrected chi connectivity index (χ2v) is 6.70. The molecule has 1 saturated heterocycles. The number of rotatable bonds is 7. The molecule has 1 unspecified atom stereocenters. The van der Waals surface area contributed by atoms with Crippen LogP contribution in [0.5, 0.6) is 5.75 Å². The highest BCUT2D eigenvalue weighted by Gasteiger charge is 2.26. The fraction of sp³-hybridized carbons (Fsp3) is 0.632. The largest absolute Gasteiger partial charge is 0.497 e. The van der Waals surface area contributed by atoms with E-state index in [-0.39, 0.29) is 24.0 Å². The molecule has 1 N–H and O–H groups in total. The zero-order valence-corrected chi connectivity index (χ0v) is 17.6. The number of benzene rings is 1. The summed E-state index contributed by atoms with van der Waals surface area (Å²) in [7, 11) is 3.56. The second kappa shape index (κ2) is 10.2. The number of guanidine groups is 1. The zero-order valence-electron chi connectivity index (χ0n) is 15.2. The summed E-state index contributed by atoms with van der Waals surface area (Å²) in [4.78, 5) is 6.77. The lowest BCUT2D eigenvalue weighted by Crippen LogP contribution is -2.41. The quantitative estimate of drug-likeness (QED) is 0.295. The van der Waals surface area contributed by atoms with Gasteiger partial charge in [-0.2, -0.15) is 0 Å². The van der Waals surface area contributed by atoms with Crippen molar-refractivity contribution in [2.75, 3.05) is 47.0 Å². The minimum absolute atomic E-state index is 0. The molecule has 2 fully saturated rings. The van der Waals surface area contributed by atoms with Crippen LogP contribution in [0.1, 0.15) is 30.7 Å². The summed E-state index contributed by atoms with van der Waals surface area (Å²) in [6.07, 6.45) is 3.84. The van der Waals surface area contributed by atoms with Gasteiger partial charge in [0, 0.05) is 39.2 Å². The van der Waals surface area contributed by atoms with E-state index in [0.717, 1.165) is 56.9 Å². The van der Waals surface area contributed by atoms with Crippen molar-refractivity contribution in [1.29, 1.82) is 0 Å². The van der Waals surface area contributed by atoms with Crippen molar-refractivity contribution >= 4 is 29.9 Å². The molecule has 0 bridgehead atoms. The molecule has 6 heteroatoms. The van der Waals surface area contributed by atoms with Gasteiger partial charge in [-0.15, -0.1) is 24.0 Å². The maximum Gasteiger partial charge on any atom is 0.193 e. The summed E-state index contributed by atoms with van der Waals surface area (Å²) in [5, 5.41) is 3.43. The van der Waals surface area contributed by atoms with Gasteiger partial charge in [0.15, 0.2) is 5.96 Å². The maximum absolute atomic E-state index is 5.68. The maximum atomic E-state index is 5.68. The number of halogens is 1.